The minimum absolute atomic E-state index is 0.884. The molecule has 0 amide bonds. The Morgan fingerprint density at radius 3 is 1.73 bits per heavy atom. The van der Waals surface area contributed by atoms with Gasteiger partial charge in [0, 0.05) is 0 Å². The van der Waals surface area contributed by atoms with Gasteiger partial charge in [-0.25, -0.2) is 0 Å². The van der Waals surface area contributed by atoms with E-state index in [2.05, 4.69) is 98.7 Å². The van der Waals surface area contributed by atoms with Crippen LogP contribution in [0.3, 0.4) is 0 Å². The number of aryl methyl sites for hydroxylation is 2. The van der Waals surface area contributed by atoms with Crippen LogP contribution in [0, 0.1) is 0 Å². The zero-order chi connectivity index (χ0) is 27.3. The van der Waals surface area contributed by atoms with E-state index in [1.54, 1.807) is 14.4 Å². The normalized spacial score (nSPS) is 11.2. The quantitative estimate of drug-likeness (QED) is 0.0533. The molecule has 0 saturated carbocycles. The van der Waals surface area contributed by atoms with Gasteiger partial charge < -0.3 is 5.53 Å². The predicted octanol–water partition coefficient (Wildman–Crippen LogP) is 10.5. The standard InChI is InChI=1S/C32H44N2.2CH3.Ni/c1-5-9-12-13-16-31(30(25-34-33)15-11-7-3)32(28-21-17-26(8-4)18-22-28)29-23-19-27(20-24-29)14-10-6-2;;;/h17-24H,5-16H2,1-4H3;2*1H3;. The number of unbranched alkanes of at least 4 members (excludes halogenated alkanes) is 5. The van der Waals surface area contributed by atoms with Crippen molar-refractivity contribution in [2.45, 2.75) is 117 Å². The van der Waals surface area contributed by atoms with Gasteiger partial charge in [0.15, 0.2) is 0 Å². The fourth-order valence-electron chi connectivity index (χ4n) is 4.48. The van der Waals surface area contributed by atoms with Crippen molar-refractivity contribution in [3.63, 3.8) is 0 Å². The second kappa shape index (κ2) is 20.8. The first-order valence-electron chi connectivity index (χ1n) is 14.2. The monoisotopic (exact) mass is 544 g/mol. The van der Waals surface area contributed by atoms with E-state index in [4.69, 9.17) is 0 Å². The second-order valence-electron chi connectivity index (χ2n) is 9.63. The van der Waals surface area contributed by atoms with Gasteiger partial charge in [-0.1, -0.05) is 108 Å². The zero-order valence-electron chi connectivity index (χ0n) is 24.3. The van der Waals surface area contributed by atoms with E-state index in [1.165, 1.54) is 65.5 Å². The molecule has 0 fully saturated rings. The number of hydrogen-bond donors (Lipinski definition) is 0. The van der Waals surface area contributed by atoms with E-state index in [9.17, 15) is 5.53 Å². The first kappa shape index (κ1) is 32.9. The molecule has 2 nitrogen and oxygen atoms in total. The van der Waals surface area contributed by atoms with Gasteiger partial charge in [-0.05, 0) is 78.3 Å². The van der Waals surface area contributed by atoms with E-state index in [-0.39, 0.29) is 0 Å². The molecule has 0 aromatic heterocycles. The Labute approximate surface area is 234 Å². The molecular formula is C34H50N2Ni. The average molecular weight is 545 g/mol. The topological polar surface area (TPSA) is 36.4 Å². The van der Waals surface area contributed by atoms with Crippen molar-refractivity contribution < 1.29 is 19.2 Å². The summed E-state index contributed by atoms with van der Waals surface area (Å²) >= 11 is 1.62. The van der Waals surface area contributed by atoms with Crippen molar-refractivity contribution >= 4 is 11.4 Å². The minimum atomic E-state index is 0.884. The fraction of sp³-hybridized carbons (Fsp3) is 0.529. The molecule has 2 rings (SSSR count). The van der Waals surface area contributed by atoms with Gasteiger partial charge in [0.1, 0.15) is 0 Å². The van der Waals surface area contributed by atoms with Gasteiger partial charge >= 0.3 is 32.1 Å². The molecule has 0 bridgehead atoms. The van der Waals surface area contributed by atoms with Gasteiger partial charge in [0.25, 0.3) is 0 Å². The van der Waals surface area contributed by atoms with Crippen LogP contribution >= 0.6 is 0 Å². The molecule has 0 N–H and O–H groups in total. The van der Waals surface area contributed by atoms with Crippen LogP contribution in [0.25, 0.3) is 11.1 Å². The molecule has 0 heterocycles. The summed E-state index contributed by atoms with van der Waals surface area (Å²) in [4.78, 5) is 3.38. The van der Waals surface area contributed by atoms with Gasteiger partial charge in [0.2, 0.25) is 0 Å². The van der Waals surface area contributed by atoms with Crippen LogP contribution in [0.2, 0.25) is 11.8 Å². The Balaban J connectivity index is 0.00000217. The van der Waals surface area contributed by atoms with Crippen molar-refractivity contribution in [1.82, 2.24) is 0 Å². The van der Waals surface area contributed by atoms with Crippen LogP contribution in [0.4, 0.5) is 0 Å². The van der Waals surface area contributed by atoms with Crippen molar-refractivity contribution in [1.29, 1.82) is 0 Å². The Hall–Kier alpha value is -2.17. The van der Waals surface area contributed by atoms with Crippen LogP contribution < -0.4 is 0 Å². The fourth-order valence-corrected chi connectivity index (χ4v) is 4.48. The Kier molecular flexibility index (Phi) is 18.5. The van der Waals surface area contributed by atoms with Gasteiger partial charge in [-0.15, -0.1) is 4.79 Å². The summed E-state index contributed by atoms with van der Waals surface area (Å²) in [6.07, 6.45) is 13.5. The Morgan fingerprint density at radius 1 is 0.703 bits per heavy atom. The molecule has 3 heteroatoms. The van der Waals surface area contributed by atoms with Crippen molar-refractivity contribution in [2.24, 2.45) is 0 Å². The van der Waals surface area contributed by atoms with E-state index in [0.29, 0.717) is 0 Å². The maximum absolute atomic E-state index is 9.48. The molecule has 37 heavy (non-hydrogen) atoms. The van der Waals surface area contributed by atoms with Crippen LogP contribution in [-0.4, -0.2) is 10.7 Å². The van der Waals surface area contributed by atoms with Crippen molar-refractivity contribution in [3.05, 3.63) is 87.5 Å². The first-order valence-corrected chi connectivity index (χ1v) is 16.2. The van der Waals surface area contributed by atoms with E-state index >= 15 is 0 Å². The molecule has 0 radical (unpaired) electrons. The van der Waals surface area contributed by atoms with E-state index in [1.807, 2.05) is 0 Å². The number of allylic oxidation sites excluding steroid dienone is 2. The van der Waals surface area contributed by atoms with Crippen LogP contribution in [-0.2, 0) is 27.3 Å². The SMILES string of the molecule is CCCCCCC(C(=C=[N+]=[N-])CCCC)=C(c1ccc(CC)cc1)c1ccc(CCCC)cc1.[CH3][Ni][CH3]. The molecular weight excluding hydrogens is 495 g/mol. The third-order valence-electron chi connectivity index (χ3n) is 6.62. The molecule has 0 spiro atoms. The Morgan fingerprint density at radius 2 is 1.24 bits per heavy atom. The zero-order valence-corrected chi connectivity index (χ0v) is 25.3. The molecule has 0 unspecified atom stereocenters. The van der Waals surface area contributed by atoms with E-state index < -0.39 is 0 Å². The summed E-state index contributed by atoms with van der Waals surface area (Å²) in [5, 5.41) is 0. The average Bonchev–Trinajstić information content (AvgIpc) is 2.93. The molecule has 0 aliphatic carbocycles. The van der Waals surface area contributed by atoms with Gasteiger partial charge in [-0.3, -0.25) is 0 Å². The second-order valence-corrected chi connectivity index (χ2v) is 10.6. The van der Waals surface area contributed by atoms with Gasteiger partial charge in [0.05, 0.1) is 5.57 Å². The van der Waals surface area contributed by atoms with Crippen LogP contribution in [0.15, 0.2) is 59.7 Å². The summed E-state index contributed by atoms with van der Waals surface area (Å²) in [6, 6.07) is 18.2. The predicted molar refractivity (Wildman–Crippen MR) is 159 cm³/mol. The van der Waals surface area contributed by atoms with E-state index in [0.717, 1.165) is 50.5 Å². The summed E-state index contributed by atoms with van der Waals surface area (Å²) in [7, 11) is 0. The summed E-state index contributed by atoms with van der Waals surface area (Å²) in [5.41, 5.74) is 18.3. The number of benzene rings is 2. The molecule has 0 saturated heterocycles. The Bertz CT molecular complexity index is 989. The molecule has 206 valence electrons. The van der Waals surface area contributed by atoms with Crippen molar-refractivity contribution in [3.8, 4) is 0 Å². The maximum atomic E-state index is 9.48. The molecule has 0 aliphatic heterocycles. The molecule has 2 aromatic rings. The third kappa shape index (κ3) is 12.3. The number of nitrogens with zero attached hydrogens (tertiary/aromatic N) is 2. The summed E-state index contributed by atoms with van der Waals surface area (Å²) in [5.74, 6) is 7.10. The molecule has 0 aliphatic rings. The van der Waals surface area contributed by atoms with Crippen LogP contribution in [0.5, 0.6) is 0 Å². The van der Waals surface area contributed by atoms with Crippen molar-refractivity contribution in [2.75, 3.05) is 0 Å². The summed E-state index contributed by atoms with van der Waals surface area (Å²) < 4.78 is 0. The number of hydrogen-bond acceptors (Lipinski definition) is 0. The van der Waals surface area contributed by atoms with Crippen LogP contribution in [0.1, 0.15) is 114 Å². The third-order valence-corrected chi connectivity index (χ3v) is 6.62. The molecule has 0 atom stereocenters. The first-order chi connectivity index (χ1) is 18.1. The summed E-state index contributed by atoms with van der Waals surface area (Å²) in [6.45, 7) is 8.90. The number of rotatable bonds is 15. The molecule has 2 aromatic carbocycles. The van der Waals surface area contributed by atoms with Gasteiger partial charge in [-0.2, -0.15) is 0 Å².